The molecule has 3 aromatic rings. The third-order valence-electron chi connectivity index (χ3n) is 4.14. The Morgan fingerprint density at radius 1 is 1.13 bits per heavy atom. The Balaban J connectivity index is 1.71. The molecule has 0 spiro atoms. The first-order valence-corrected chi connectivity index (χ1v) is 12.0. The Kier molecular flexibility index (Phi) is 7.36. The zero-order valence-electron chi connectivity index (χ0n) is 16.2. The predicted molar refractivity (Wildman–Crippen MR) is 120 cm³/mol. The number of amides is 1. The number of benzene rings is 2. The van der Waals surface area contributed by atoms with E-state index < -0.39 is 10.0 Å². The van der Waals surface area contributed by atoms with Crippen LogP contribution in [0, 0.1) is 0 Å². The number of sulfonamides is 1. The average molecular weight is 465 g/mol. The van der Waals surface area contributed by atoms with Gasteiger partial charge in [-0.2, -0.15) is 0 Å². The van der Waals surface area contributed by atoms with E-state index in [4.69, 9.17) is 16.3 Å². The summed E-state index contributed by atoms with van der Waals surface area (Å²) in [6.45, 7) is 2.83. The zero-order valence-corrected chi connectivity index (χ0v) is 18.6. The Morgan fingerprint density at radius 3 is 2.57 bits per heavy atom. The Bertz CT molecular complexity index is 1100. The van der Waals surface area contributed by atoms with Gasteiger partial charge >= 0.3 is 0 Å². The topological polar surface area (TPSA) is 84.5 Å². The van der Waals surface area contributed by atoms with E-state index >= 15 is 0 Å². The van der Waals surface area contributed by atoms with E-state index in [0.29, 0.717) is 31.0 Å². The molecular formula is C21H21ClN2O4S2. The fraction of sp³-hybridized carbons (Fsp3) is 0.190. The van der Waals surface area contributed by atoms with Crippen LogP contribution in [0.25, 0.3) is 0 Å². The molecule has 1 aromatic heterocycles. The fourth-order valence-corrected chi connectivity index (χ4v) is 5.00. The third-order valence-corrected chi connectivity index (χ3v) is 6.94. The molecule has 158 valence electrons. The minimum Gasteiger partial charge on any atom is -0.494 e. The summed E-state index contributed by atoms with van der Waals surface area (Å²) in [7, 11) is -3.98. The number of rotatable bonds is 9. The van der Waals surface area contributed by atoms with Gasteiger partial charge in [0.05, 0.1) is 11.6 Å². The molecule has 0 saturated carbocycles. The molecule has 1 heterocycles. The van der Waals surface area contributed by atoms with Crippen molar-refractivity contribution < 1.29 is 17.9 Å². The molecule has 0 fully saturated rings. The van der Waals surface area contributed by atoms with Crippen LogP contribution < -0.4 is 14.8 Å². The van der Waals surface area contributed by atoms with Gasteiger partial charge in [0, 0.05) is 22.7 Å². The lowest BCUT2D eigenvalue weighted by Crippen LogP contribution is -2.26. The van der Waals surface area contributed by atoms with Crippen molar-refractivity contribution in [1.82, 2.24) is 5.32 Å². The first kappa shape index (κ1) is 22.1. The number of nitrogens with one attached hydrogen (secondary N) is 2. The molecule has 2 aromatic carbocycles. The highest BCUT2D eigenvalue weighted by Crippen LogP contribution is 2.26. The van der Waals surface area contributed by atoms with Gasteiger partial charge in [0.1, 0.15) is 10.6 Å². The fourth-order valence-electron chi connectivity index (χ4n) is 2.70. The number of carbonyl (C=O) groups is 1. The largest absolute Gasteiger partial charge is 0.494 e. The minimum absolute atomic E-state index is 0.0311. The molecule has 6 nitrogen and oxygen atoms in total. The molecule has 9 heteroatoms. The summed E-state index contributed by atoms with van der Waals surface area (Å²) in [5, 5.41) is 4.81. The van der Waals surface area contributed by atoms with Crippen LogP contribution in [0.3, 0.4) is 0 Å². The van der Waals surface area contributed by atoms with Crippen molar-refractivity contribution in [3.63, 3.8) is 0 Å². The van der Waals surface area contributed by atoms with Gasteiger partial charge in [-0.1, -0.05) is 17.7 Å². The van der Waals surface area contributed by atoms with E-state index in [1.165, 1.54) is 18.2 Å². The van der Waals surface area contributed by atoms with Crippen LogP contribution in [-0.2, 0) is 16.4 Å². The normalized spacial score (nSPS) is 11.1. The van der Waals surface area contributed by atoms with Crippen molar-refractivity contribution in [2.24, 2.45) is 0 Å². The van der Waals surface area contributed by atoms with Gasteiger partial charge in [-0.25, -0.2) is 8.42 Å². The first-order valence-electron chi connectivity index (χ1n) is 9.25. The molecule has 1 amide bonds. The van der Waals surface area contributed by atoms with Crippen LogP contribution in [0.4, 0.5) is 5.69 Å². The van der Waals surface area contributed by atoms with Crippen LogP contribution in [0.2, 0.25) is 5.02 Å². The van der Waals surface area contributed by atoms with Crippen LogP contribution in [0.15, 0.2) is 64.9 Å². The maximum absolute atomic E-state index is 12.8. The lowest BCUT2D eigenvalue weighted by molar-refractivity contribution is 0.0954. The second-order valence-electron chi connectivity index (χ2n) is 6.29. The van der Waals surface area contributed by atoms with Gasteiger partial charge < -0.3 is 10.1 Å². The molecule has 0 radical (unpaired) electrons. The summed E-state index contributed by atoms with van der Waals surface area (Å²) >= 11 is 7.74. The standard InChI is InChI=1S/C21H21ClN2O4S2/c1-2-28-17-8-6-16(7-9-17)24-30(26,27)20-14-15(5-10-19(20)22)21(25)23-12-11-18-4-3-13-29-18/h3-10,13-14,24H,2,11-12H2,1H3,(H,23,25). The molecule has 0 saturated heterocycles. The van der Waals surface area contributed by atoms with Gasteiger partial charge in [0.15, 0.2) is 0 Å². The molecule has 0 unspecified atom stereocenters. The summed E-state index contributed by atoms with van der Waals surface area (Å²) in [5.41, 5.74) is 0.581. The number of anilines is 1. The van der Waals surface area contributed by atoms with Crippen molar-refractivity contribution >= 4 is 44.6 Å². The van der Waals surface area contributed by atoms with Crippen molar-refractivity contribution in [3.8, 4) is 5.75 Å². The second-order valence-corrected chi connectivity index (χ2v) is 9.38. The highest BCUT2D eigenvalue weighted by molar-refractivity contribution is 7.92. The van der Waals surface area contributed by atoms with Crippen LogP contribution in [0.5, 0.6) is 5.75 Å². The number of halogens is 1. The number of carbonyl (C=O) groups excluding carboxylic acids is 1. The molecule has 0 aliphatic rings. The van der Waals surface area contributed by atoms with E-state index in [9.17, 15) is 13.2 Å². The number of ether oxygens (including phenoxy) is 1. The summed E-state index contributed by atoms with van der Waals surface area (Å²) in [4.78, 5) is 13.4. The Labute approximate surface area is 184 Å². The van der Waals surface area contributed by atoms with E-state index in [2.05, 4.69) is 10.0 Å². The monoisotopic (exact) mass is 464 g/mol. The van der Waals surface area contributed by atoms with Gasteiger partial charge in [-0.05, 0) is 67.3 Å². The summed E-state index contributed by atoms with van der Waals surface area (Å²) in [6.07, 6.45) is 0.710. The van der Waals surface area contributed by atoms with Crippen molar-refractivity contribution in [1.29, 1.82) is 0 Å². The summed E-state index contributed by atoms with van der Waals surface area (Å²) in [5.74, 6) is 0.278. The molecule has 2 N–H and O–H groups in total. The summed E-state index contributed by atoms with van der Waals surface area (Å²) < 4.78 is 33.5. The summed E-state index contributed by atoms with van der Waals surface area (Å²) in [6, 6.07) is 14.7. The highest BCUT2D eigenvalue weighted by atomic mass is 35.5. The van der Waals surface area contributed by atoms with E-state index in [-0.39, 0.29) is 21.4 Å². The molecular weight excluding hydrogens is 444 g/mol. The molecule has 30 heavy (non-hydrogen) atoms. The van der Waals surface area contributed by atoms with E-state index in [1.54, 1.807) is 35.6 Å². The highest BCUT2D eigenvalue weighted by Gasteiger charge is 2.20. The quantitative estimate of drug-likeness (QED) is 0.485. The van der Waals surface area contributed by atoms with Crippen molar-refractivity contribution in [2.75, 3.05) is 17.9 Å². The van der Waals surface area contributed by atoms with E-state index in [1.807, 2.05) is 24.4 Å². The Hall–Kier alpha value is -2.55. The maximum Gasteiger partial charge on any atom is 0.263 e. The van der Waals surface area contributed by atoms with Gasteiger partial charge in [0.25, 0.3) is 15.9 Å². The average Bonchev–Trinajstić information content (AvgIpc) is 3.23. The second kappa shape index (κ2) is 9.97. The van der Waals surface area contributed by atoms with Crippen LogP contribution >= 0.6 is 22.9 Å². The smallest absolute Gasteiger partial charge is 0.263 e. The predicted octanol–water partition coefficient (Wildman–Crippen LogP) is 4.57. The molecule has 0 atom stereocenters. The molecule has 3 rings (SSSR count). The van der Waals surface area contributed by atoms with Crippen LogP contribution in [-0.4, -0.2) is 27.5 Å². The van der Waals surface area contributed by atoms with Gasteiger partial charge in [0.2, 0.25) is 0 Å². The maximum atomic E-state index is 12.8. The number of thiophene rings is 1. The third kappa shape index (κ3) is 5.75. The number of hydrogen-bond donors (Lipinski definition) is 2. The lowest BCUT2D eigenvalue weighted by Gasteiger charge is -2.12. The van der Waals surface area contributed by atoms with Crippen molar-refractivity contribution in [3.05, 3.63) is 75.4 Å². The zero-order chi connectivity index (χ0) is 21.6. The van der Waals surface area contributed by atoms with Crippen LogP contribution in [0.1, 0.15) is 22.2 Å². The lowest BCUT2D eigenvalue weighted by atomic mass is 10.2. The van der Waals surface area contributed by atoms with Gasteiger partial charge in [-0.15, -0.1) is 11.3 Å². The Morgan fingerprint density at radius 2 is 1.90 bits per heavy atom. The van der Waals surface area contributed by atoms with E-state index in [0.717, 1.165) is 4.88 Å². The molecule has 0 aliphatic heterocycles. The number of hydrogen-bond acceptors (Lipinski definition) is 5. The minimum atomic E-state index is -3.98. The van der Waals surface area contributed by atoms with Gasteiger partial charge in [-0.3, -0.25) is 9.52 Å². The molecule has 0 aliphatic carbocycles. The van der Waals surface area contributed by atoms with Crippen molar-refractivity contribution in [2.45, 2.75) is 18.2 Å². The molecule has 0 bridgehead atoms. The first-order chi connectivity index (χ1) is 14.4. The SMILES string of the molecule is CCOc1ccc(NS(=O)(=O)c2cc(C(=O)NCCc3cccs3)ccc2Cl)cc1.